The molecule has 2 aromatic heterocycles. The molecule has 6 heteroatoms. The summed E-state index contributed by atoms with van der Waals surface area (Å²) in [4.78, 5) is 4.33. The summed E-state index contributed by atoms with van der Waals surface area (Å²) in [5.41, 5.74) is 2.64. The maximum atomic E-state index is 9.66. The molecule has 0 fully saturated rings. The van der Waals surface area contributed by atoms with Crippen LogP contribution in [0, 0.1) is 6.92 Å². The smallest absolute Gasteiger partial charge is 0.174 e. The molecular formula is C15H16N4OS. The lowest BCUT2D eigenvalue weighted by molar-refractivity contribution is 0.278. The Bertz CT molecular complexity index is 748. The molecule has 5 nitrogen and oxygen atoms in total. The average molecular weight is 300 g/mol. The number of para-hydroxylation sites is 1. The maximum absolute atomic E-state index is 9.66. The zero-order valence-electron chi connectivity index (χ0n) is 11.9. The predicted molar refractivity (Wildman–Crippen MR) is 81.6 cm³/mol. The van der Waals surface area contributed by atoms with Crippen molar-refractivity contribution in [2.24, 2.45) is 7.05 Å². The molecule has 1 N–H and O–H groups in total. The summed E-state index contributed by atoms with van der Waals surface area (Å²) in [6.07, 6.45) is 3.66. The van der Waals surface area contributed by atoms with Gasteiger partial charge in [-0.25, -0.2) is 9.67 Å². The van der Waals surface area contributed by atoms with E-state index in [0.717, 1.165) is 27.1 Å². The van der Waals surface area contributed by atoms with E-state index in [1.807, 2.05) is 59.7 Å². The van der Waals surface area contributed by atoms with Gasteiger partial charge in [-0.1, -0.05) is 18.2 Å². The van der Waals surface area contributed by atoms with E-state index in [2.05, 4.69) is 10.1 Å². The van der Waals surface area contributed by atoms with Gasteiger partial charge in [-0.15, -0.1) is 0 Å². The average Bonchev–Trinajstić information content (AvgIpc) is 3.04. The molecule has 3 rings (SSSR count). The van der Waals surface area contributed by atoms with E-state index in [-0.39, 0.29) is 6.61 Å². The lowest BCUT2D eigenvalue weighted by atomic mass is 10.3. The van der Waals surface area contributed by atoms with Crippen molar-refractivity contribution in [3.05, 3.63) is 54.0 Å². The van der Waals surface area contributed by atoms with Crippen LogP contribution in [-0.2, 0) is 13.7 Å². The molecule has 1 aromatic carbocycles. The topological polar surface area (TPSA) is 55.9 Å². The highest BCUT2D eigenvalue weighted by molar-refractivity contribution is 7.99. The molecule has 0 amide bonds. The van der Waals surface area contributed by atoms with Gasteiger partial charge in [0.2, 0.25) is 0 Å². The van der Waals surface area contributed by atoms with E-state index < -0.39 is 0 Å². The van der Waals surface area contributed by atoms with Gasteiger partial charge in [0.15, 0.2) is 5.16 Å². The molecule has 0 spiro atoms. The number of imidazole rings is 1. The Hall–Kier alpha value is -2.05. The fourth-order valence-electron chi connectivity index (χ4n) is 2.11. The van der Waals surface area contributed by atoms with Gasteiger partial charge in [-0.2, -0.15) is 5.10 Å². The summed E-state index contributed by atoms with van der Waals surface area (Å²) < 4.78 is 3.81. The first-order valence-electron chi connectivity index (χ1n) is 6.60. The van der Waals surface area contributed by atoms with Crippen LogP contribution in [0.4, 0.5) is 0 Å². The summed E-state index contributed by atoms with van der Waals surface area (Å²) in [6, 6.07) is 9.91. The summed E-state index contributed by atoms with van der Waals surface area (Å²) in [6.45, 7) is 1.87. The number of hydrogen-bond donors (Lipinski definition) is 1. The monoisotopic (exact) mass is 300 g/mol. The first-order valence-corrected chi connectivity index (χ1v) is 7.42. The van der Waals surface area contributed by atoms with Gasteiger partial charge in [-0.05, 0) is 30.8 Å². The molecule has 0 saturated carbocycles. The van der Waals surface area contributed by atoms with Crippen LogP contribution in [0.25, 0.3) is 5.69 Å². The number of hydrogen-bond acceptors (Lipinski definition) is 4. The summed E-state index contributed by atoms with van der Waals surface area (Å²) in [5.74, 6) is 0. The van der Waals surface area contributed by atoms with Crippen LogP contribution in [0.5, 0.6) is 0 Å². The Morgan fingerprint density at radius 3 is 2.62 bits per heavy atom. The van der Waals surface area contributed by atoms with Crippen LogP contribution in [0.2, 0.25) is 0 Å². The molecular weight excluding hydrogens is 284 g/mol. The molecule has 2 heterocycles. The highest BCUT2D eigenvalue weighted by atomic mass is 32.2. The van der Waals surface area contributed by atoms with Crippen molar-refractivity contribution in [1.29, 1.82) is 0 Å². The Balaban J connectivity index is 2.11. The van der Waals surface area contributed by atoms with E-state index in [1.165, 1.54) is 11.8 Å². The van der Waals surface area contributed by atoms with Crippen LogP contribution in [0.1, 0.15) is 11.3 Å². The second-order valence-corrected chi connectivity index (χ2v) is 5.65. The van der Waals surface area contributed by atoms with Crippen LogP contribution >= 0.6 is 11.8 Å². The Labute approximate surface area is 127 Å². The molecule has 108 valence electrons. The third-order valence-corrected chi connectivity index (χ3v) is 4.45. The second kappa shape index (κ2) is 5.75. The predicted octanol–water partition coefficient (Wildman–Crippen LogP) is 2.56. The second-order valence-electron chi connectivity index (χ2n) is 4.70. The van der Waals surface area contributed by atoms with Crippen molar-refractivity contribution in [1.82, 2.24) is 19.3 Å². The number of benzene rings is 1. The number of aryl methyl sites for hydroxylation is 2. The lowest BCUT2D eigenvalue weighted by Gasteiger charge is -2.08. The SMILES string of the molecule is Cc1nn(-c2ccccc2)c(Sc2nccn2C)c1CO. The zero-order chi connectivity index (χ0) is 14.8. The van der Waals surface area contributed by atoms with Crippen molar-refractivity contribution in [3.63, 3.8) is 0 Å². The Morgan fingerprint density at radius 1 is 1.24 bits per heavy atom. The van der Waals surface area contributed by atoms with Gasteiger partial charge in [0.05, 0.1) is 18.0 Å². The van der Waals surface area contributed by atoms with Crippen LogP contribution < -0.4 is 0 Å². The van der Waals surface area contributed by atoms with Gasteiger partial charge in [-0.3, -0.25) is 0 Å². The van der Waals surface area contributed by atoms with E-state index >= 15 is 0 Å². The third kappa shape index (κ3) is 2.59. The van der Waals surface area contributed by atoms with Crippen LogP contribution in [0.15, 0.2) is 52.9 Å². The van der Waals surface area contributed by atoms with Gasteiger partial charge >= 0.3 is 0 Å². The number of aliphatic hydroxyl groups is 1. The number of nitrogens with zero attached hydrogens (tertiary/aromatic N) is 4. The quantitative estimate of drug-likeness (QED) is 0.804. The number of aliphatic hydroxyl groups excluding tert-OH is 1. The summed E-state index contributed by atoms with van der Waals surface area (Å²) in [5, 5.41) is 16.0. The first kappa shape index (κ1) is 13.9. The fourth-order valence-corrected chi connectivity index (χ4v) is 3.17. The third-order valence-electron chi connectivity index (χ3n) is 3.26. The first-order chi connectivity index (χ1) is 10.2. The minimum atomic E-state index is -0.0363. The van der Waals surface area contributed by atoms with Crippen molar-refractivity contribution < 1.29 is 5.11 Å². The largest absolute Gasteiger partial charge is 0.392 e. The molecule has 0 radical (unpaired) electrons. The van der Waals surface area contributed by atoms with Crippen LogP contribution in [0.3, 0.4) is 0 Å². The van der Waals surface area contributed by atoms with Crippen molar-refractivity contribution in [2.75, 3.05) is 0 Å². The summed E-state index contributed by atoms with van der Waals surface area (Å²) >= 11 is 1.51. The van der Waals surface area contributed by atoms with E-state index in [1.54, 1.807) is 6.20 Å². The van der Waals surface area contributed by atoms with Crippen molar-refractivity contribution >= 4 is 11.8 Å². The number of rotatable bonds is 4. The summed E-state index contributed by atoms with van der Waals surface area (Å²) in [7, 11) is 1.95. The molecule has 0 aliphatic rings. The minimum Gasteiger partial charge on any atom is -0.392 e. The molecule has 0 atom stereocenters. The highest BCUT2D eigenvalue weighted by Gasteiger charge is 2.18. The molecule has 0 aliphatic heterocycles. The van der Waals surface area contributed by atoms with Crippen molar-refractivity contribution in [3.8, 4) is 5.69 Å². The molecule has 21 heavy (non-hydrogen) atoms. The lowest BCUT2D eigenvalue weighted by Crippen LogP contribution is -2.00. The van der Waals surface area contributed by atoms with Crippen LogP contribution in [-0.4, -0.2) is 24.4 Å². The molecule has 0 saturated heterocycles. The minimum absolute atomic E-state index is 0.0363. The Kier molecular flexibility index (Phi) is 3.81. The maximum Gasteiger partial charge on any atom is 0.174 e. The molecule has 0 unspecified atom stereocenters. The molecule has 0 aliphatic carbocycles. The highest BCUT2D eigenvalue weighted by Crippen LogP contribution is 2.32. The van der Waals surface area contributed by atoms with E-state index in [4.69, 9.17) is 0 Å². The molecule has 0 bridgehead atoms. The Morgan fingerprint density at radius 2 is 2.00 bits per heavy atom. The van der Waals surface area contributed by atoms with E-state index in [9.17, 15) is 5.11 Å². The van der Waals surface area contributed by atoms with Crippen molar-refractivity contribution in [2.45, 2.75) is 23.7 Å². The number of aromatic nitrogens is 4. The fraction of sp³-hybridized carbons (Fsp3) is 0.200. The van der Waals surface area contributed by atoms with E-state index in [0.29, 0.717) is 0 Å². The van der Waals surface area contributed by atoms with Gasteiger partial charge < -0.3 is 9.67 Å². The van der Waals surface area contributed by atoms with Gasteiger partial charge in [0.1, 0.15) is 5.03 Å². The van der Waals surface area contributed by atoms with Gasteiger partial charge in [0, 0.05) is 25.0 Å². The standard InChI is InChI=1S/C15H16N4OS/c1-11-13(10-20)14(21-15-16-8-9-18(15)2)19(17-11)12-6-4-3-5-7-12/h3-9,20H,10H2,1-2H3. The zero-order valence-corrected chi connectivity index (χ0v) is 12.7. The normalized spacial score (nSPS) is 11.0. The van der Waals surface area contributed by atoms with Gasteiger partial charge in [0.25, 0.3) is 0 Å². The molecule has 3 aromatic rings.